The first-order chi connectivity index (χ1) is 17.1. The largest absolute Gasteiger partial charge is 0.478 e. The highest BCUT2D eigenvalue weighted by atomic mass is 16.4. The molecule has 3 fully saturated rings. The number of hydrogen-bond acceptors (Lipinski definition) is 6. The minimum atomic E-state index is -1.37. The molecule has 1 aromatic rings. The van der Waals surface area contributed by atoms with Gasteiger partial charge in [-0.05, 0) is 56.7 Å². The van der Waals surface area contributed by atoms with Gasteiger partial charge in [0.05, 0.1) is 16.7 Å². The fraction of sp³-hybridized carbons (Fsp3) is 0.667. The first kappa shape index (κ1) is 31.5. The van der Waals surface area contributed by atoms with Crippen LogP contribution in [0.15, 0.2) is 18.2 Å². The summed E-state index contributed by atoms with van der Waals surface area (Å²) in [5.41, 5.74) is 15.8. The van der Waals surface area contributed by atoms with Gasteiger partial charge in [-0.1, -0.05) is 57.8 Å². The number of aromatic carboxylic acids is 3. The Morgan fingerprint density at radius 2 is 0.667 bits per heavy atom. The summed E-state index contributed by atoms with van der Waals surface area (Å²) in [5, 5.41) is 25.8. The quantitative estimate of drug-likeness (QED) is 0.339. The van der Waals surface area contributed by atoms with Crippen LogP contribution in [-0.4, -0.2) is 51.4 Å². The van der Waals surface area contributed by atoms with Crippen LogP contribution in [0.3, 0.4) is 0 Å². The van der Waals surface area contributed by atoms with E-state index in [1.54, 1.807) is 0 Å². The normalized spacial score (nSPS) is 18.8. The fourth-order valence-electron chi connectivity index (χ4n) is 4.40. The molecule has 9 heteroatoms. The number of hydrogen-bond donors (Lipinski definition) is 6. The van der Waals surface area contributed by atoms with E-state index in [4.69, 9.17) is 32.5 Å². The zero-order valence-corrected chi connectivity index (χ0v) is 21.4. The molecule has 0 saturated heterocycles. The van der Waals surface area contributed by atoms with E-state index in [0.29, 0.717) is 18.1 Å². The molecule has 9 nitrogen and oxygen atoms in total. The highest BCUT2D eigenvalue weighted by Crippen LogP contribution is 2.16. The molecular weight excluding hydrogens is 462 g/mol. The Morgan fingerprint density at radius 1 is 0.472 bits per heavy atom. The number of nitrogens with two attached hydrogens (primary N) is 3. The minimum Gasteiger partial charge on any atom is -0.478 e. The summed E-state index contributed by atoms with van der Waals surface area (Å²) in [6, 6.07) is 4.31. The van der Waals surface area contributed by atoms with E-state index in [1.165, 1.54) is 96.3 Å². The summed E-state index contributed by atoms with van der Waals surface area (Å²) in [5.74, 6) is -4.12. The molecule has 0 amide bonds. The Morgan fingerprint density at radius 3 is 0.778 bits per heavy atom. The average Bonchev–Trinajstić information content (AvgIpc) is 2.86. The van der Waals surface area contributed by atoms with Gasteiger partial charge in [0.1, 0.15) is 0 Å². The van der Waals surface area contributed by atoms with Crippen LogP contribution in [-0.2, 0) is 0 Å². The van der Waals surface area contributed by atoms with Crippen molar-refractivity contribution in [3.63, 3.8) is 0 Å². The molecule has 0 spiro atoms. The first-order valence-electron chi connectivity index (χ1n) is 13.2. The van der Waals surface area contributed by atoms with Crippen molar-refractivity contribution in [2.45, 2.75) is 114 Å². The van der Waals surface area contributed by atoms with Crippen LogP contribution in [0.4, 0.5) is 0 Å². The smallest absolute Gasteiger partial charge is 0.335 e. The zero-order valence-electron chi connectivity index (χ0n) is 21.4. The topological polar surface area (TPSA) is 190 Å². The molecule has 4 rings (SSSR count). The SMILES string of the molecule is NC1CCCCC1.NC1CCCCC1.NC1CCCCC1.O=C(O)c1cc(C(=O)O)cc(C(=O)O)c1. The van der Waals surface area contributed by atoms with Crippen molar-refractivity contribution >= 4 is 17.9 Å². The molecule has 9 N–H and O–H groups in total. The van der Waals surface area contributed by atoms with Gasteiger partial charge in [-0.25, -0.2) is 14.4 Å². The number of carbonyl (C=O) groups is 3. The van der Waals surface area contributed by atoms with Gasteiger partial charge >= 0.3 is 17.9 Å². The van der Waals surface area contributed by atoms with Crippen LogP contribution in [0.2, 0.25) is 0 Å². The molecular formula is C27H45N3O6. The van der Waals surface area contributed by atoms with Gasteiger partial charge < -0.3 is 32.5 Å². The zero-order chi connectivity index (χ0) is 26.9. The Labute approximate surface area is 214 Å². The first-order valence-corrected chi connectivity index (χ1v) is 13.2. The van der Waals surface area contributed by atoms with E-state index >= 15 is 0 Å². The maximum atomic E-state index is 10.6. The highest BCUT2D eigenvalue weighted by molar-refractivity contribution is 5.98. The van der Waals surface area contributed by atoms with E-state index in [2.05, 4.69) is 0 Å². The third-order valence-corrected chi connectivity index (χ3v) is 6.62. The van der Waals surface area contributed by atoms with Crippen molar-refractivity contribution in [3.05, 3.63) is 34.9 Å². The van der Waals surface area contributed by atoms with Crippen molar-refractivity contribution in [1.29, 1.82) is 0 Å². The number of carboxylic acid groups (broad SMARTS) is 3. The van der Waals surface area contributed by atoms with Gasteiger partial charge in [0.15, 0.2) is 0 Å². The lowest BCUT2D eigenvalue weighted by Crippen LogP contribution is -2.22. The van der Waals surface area contributed by atoms with E-state index in [1.807, 2.05) is 0 Å². The average molecular weight is 508 g/mol. The molecule has 0 bridgehead atoms. The molecule has 3 aliphatic carbocycles. The summed E-state index contributed by atoms with van der Waals surface area (Å²) in [6.45, 7) is 0. The number of benzene rings is 1. The third kappa shape index (κ3) is 14.2. The van der Waals surface area contributed by atoms with Crippen molar-refractivity contribution < 1.29 is 29.7 Å². The molecule has 0 radical (unpaired) electrons. The van der Waals surface area contributed by atoms with E-state index in [9.17, 15) is 14.4 Å². The molecule has 0 unspecified atom stereocenters. The number of rotatable bonds is 3. The predicted molar refractivity (Wildman–Crippen MR) is 141 cm³/mol. The second kappa shape index (κ2) is 17.9. The highest BCUT2D eigenvalue weighted by Gasteiger charge is 2.14. The minimum absolute atomic E-state index is 0.368. The molecule has 1 aromatic carbocycles. The standard InChI is InChI=1S/C9H6O6.3C6H13N/c10-7(11)4-1-5(8(12)13)3-6(2-4)9(14)15;3*7-6-4-2-1-3-5-6/h1-3H,(H,10,11)(H,12,13)(H,14,15);3*6H,1-5,7H2. The van der Waals surface area contributed by atoms with Crippen molar-refractivity contribution in [2.24, 2.45) is 17.2 Å². The molecule has 3 saturated carbocycles. The Hall–Kier alpha value is -2.49. The summed E-state index contributed by atoms with van der Waals surface area (Å²) in [7, 11) is 0. The molecule has 36 heavy (non-hydrogen) atoms. The maximum Gasteiger partial charge on any atom is 0.335 e. The number of carboxylic acids is 3. The van der Waals surface area contributed by atoms with E-state index < -0.39 is 17.9 Å². The van der Waals surface area contributed by atoms with E-state index in [-0.39, 0.29) is 16.7 Å². The summed E-state index contributed by atoms with van der Waals surface area (Å²) in [4.78, 5) is 31.7. The van der Waals surface area contributed by atoms with Crippen LogP contribution in [0.1, 0.15) is 127 Å². The second-order valence-corrected chi connectivity index (χ2v) is 9.91. The lowest BCUT2D eigenvalue weighted by Gasteiger charge is -2.15. The van der Waals surface area contributed by atoms with Gasteiger partial charge in [0.25, 0.3) is 0 Å². The van der Waals surface area contributed by atoms with Crippen LogP contribution in [0.25, 0.3) is 0 Å². The van der Waals surface area contributed by atoms with Crippen molar-refractivity contribution in [2.75, 3.05) is 0 Å². The van der Waals surface area contributed by atoms with Gasteiger partial charge in [-0.2, -0.15) is 0 Å². The Bertz CT molecular complexity index is 682. The van der Waals surface area contributed by atoms with Crippen molar-refractivity contribution in [3.8, 4) is 0 Å². The molecule has 0 heterocycles. The summed E-state index contributed by atoms with van der Waals surface area (Å²) >= 11 is 0. The third-order valence-electron chi connectivity index (χ3n) is 6.62. The fourth-order valence-corrected chi connectivity index (χ4v) is 4.40. The molecule has 3 aliphatic rings. The summed E-state index contributed by atoms with van der Waals surface area (Å²) < 4.78 is 0. The molecule has 0 atom stereocenters. The van der Waals surface area contributed by atoms with Crippen LogP contribution < -0.4 is 17.2 Å². The Balaban J connectivity index is 0.000000259. The Kier molecular flexibility index (Phi) is 15.6. The van der Waals surface area contributed by atoms with Gasteiger partial charge in [-0.3, -0.25) is 0 Å². The summed E-state index contributed by atoms with van der Waals surface area (Å²) in [6.07, 6.45) is 20.0. The molecule has 0 aromatic heterocycles. The monoisotopic (exact) mass is 507 g/mol. The van der Waals surface area contributed by atoms with Gasteiger partial charge in [0, 0.05) is 18.1 Å². The maximum absolute atomic E-state index is 10.6. The van der Waals surface area contributed by atoms with Crippen molar-refractivity contribution in [1.82, 2.24) is 0 Å². The lowest BCUT2D eigenvalue weighted by atomic mass is 9.97. The lowest BCUT2D eigenvalue weighted by molar-refractivity contribution is 0.0696. The van der Waals surface area contributed by atoms with Gasteiger partial charge in [-0.15, -0.1) is 0 Å². The van der Waals surface area contributed by atoms with Crippen LogP contribution in [0.5, 0.6) is 0 Å². The van der Waals surface area contributed by atoms with Crippen LogP contribution in [0, 0.1) is 0 Å². The van der Waals surface area contributed by atoms with E-state index in [0.717, 1.165) is 18.2 Å². The van der Waals surface area contributed by atoms with Gasteiger partial charge in [0.2, 0.25) is 0 Å². The molecule has 0 aliphatic heterocycles. The predicted octanol–water partition coefficient (Wildman–Crippen LogP) is 4.61. The van der Waals surface area contributed by atoms with Crippen LogP contribution >= 0.6 is 0 Å². The molecule has 204 valence electrons. The second-order valence-electron chi connectivity index (χ2n) is 9.91.